The fourth-order valence-electron chi connectivity index (χ4n) is 1.54. The molecular weight excluding hydrogens is 290 g/mol. The number of imide groups is 1. The molecule has 0 atom stereocenters. The molecule has 1 heterocycles. The number of rotatable bonds is 3. The highest BCUT2D eigenvalue weighted by atomic mass is 32.2. The molecule has 1 fully saturated rings. The maximum absolute atomic E-state index is 12.1. The lowest BCUT2D eigenvalue weighted by molar-refractivity contribution is -0.141. The van der Waals surface area contributed by atoms with E-state index >= 15 is 0 Å². The average Bonchev–Trinajstić information content (AvgIpc) is 2.21. The third-order valence-corrected chi connectivity index (χ3v) is 4.15. The van der Waals surface area contributed by atoms with E-state index in [1.54, 1.807) is 18.6 Å². The number of carbonyl (C=O) groups excluding carboxylic acids is 3. The average molecular weight is 307 g/mol. The predicted molar refractivity (Wildman–Crippen MR) is 67.6 cm³/mol. The summed E-state index contributed by atoms with van der Waals surface area (Å²) in [5.74, 6) is -1.53. The van der Waals surface area contributed by atoms with Gasteiger partial charge in [-0.3, -0.25) is 14.9 Å². The molecule has 0 aromatic rings. The molecule has 1 aliphatic rings. The molecule has 1 aliphatic heterocycles. The summed E-state index contributed by atoms with van der Waals surface area (Å²) >= 11 is 0. The zero-order valence-corrected chi connectivity index (χ0v) is 12.4. The standard InChI is InChI=1S/C10H17N3O6S/c1-6(2)19-9(16)12-20(17,18)13-5-7(14)11-8(15)10(13,3)4/h6H,5H2,1-4H3,(H,12,16)(H,11,14,15). The molecule has 2 N–H and O–H groups in total. The number of amides is 3. The van der Waals surface area contributed by atoms with Crippen LogP contribution in [0.2, 0.25) is 0 Å². The number of nitrogens with one attached hydrogen (secondary N) is 2. The molecule has 9 nitrogen and oxygen atoms in total. The summed E-state index contributed by atoms with van der Waals surface area (Å²) in [6, 6.07) is 0. The fraction of sp³-hybridized carbons (Fsp3) is 0.700. The SMILES string of the molecule is CC(C)OC(=O)NS(=O)(=O)N1CC(=O)NC(=O)C1(C)C. The molecule has 0 spiro atoms. The fourth-order valence-corrected chi connectivity index (χ4v) is 2.88. The molecule has 0 aliphatic carbocycles. The van der Waals surface area contributed by atoms with Gasteiger partial charge in [-0.1, -0.05) is 0 Å². The van der Waals surface area contributed by atoms with E-state index in [2.05, 4.69) is 4.74 Å². The van der Waals surface area contributed by atoms with Gasteiger partial charge in [0.05, 0.1) is 12.6 Å². The van der Waals surface area contributed by atoms with Crippen molar-refractivity contribution >= 4 is 28.1 Å². The number of piperazine rings is 1. The second-order valence-corrected chi connectivity index (χ2v) is 6.60. The highest BCUT2D eigenvalue weighted by Crippen LogP contribution is 2.21. The van der Waals surface area contributed by atoms with Crippen molar-refractivity contribution in [2.75, 3.05) is 6.54 Å². The van der Waals surface area contributed by atoms with E-state index in [-0.39, 0.29) is 0 Å². The Morgan fingerprint density at radius 1 is 1.40 bits per heavy atom. The van der Waals surface area contributed by atoms with Gasteiger partial charge in [-0.25, -0.2) is 9.52 Å². The highest BCUT2D eigenvalue weighted by molar-refractivity contribution is 7.87. The lowest BCUT2D eigenvalue weighted by atomic mass is 10.0. The van der Waals surface area contributed by atoms with E-state index < -0.39 is 46.3 Å². The Kier molecular flexibility index (Phi) is 4.39. The van der Waals surface area contributed by atoms with Gasteiger partial charge in [-0.15, -0.1) is 0 Å². The number of hydrogen-bond acceptors (Lipinski definition) is 6. The van der Waals surface area contributed by atoms with Crippen LogP contribution in [0, 0.1) is 0 Å². The Labute approximate surface area is 116 Å². The molecule has 0 radical (unpaired) electrons. The van der Waals surface area contributed by atoms with Gasteiger partial charge in [-0.05, 0) is 27.7 Å². The van der Waals surface area contributed by atoms with Gasteiger partial charge in [0.2, 0.25) is 11.8 Å². The first-order chi connectivity index (χ1) is 8.96. The van der Waals surface area contributed by atoms with Crippen molar-refractivity contribution in [2.24, 2.45) is 0 Å². The van der Waals surface area contributed by atoms with Crippen LogP contribution in [0.4, 0.5) is 4.79 Å². The highest BCUT2D eigenvalue weighted by Gasteiger charge is 2.47. The van der Waals surface area contributed by atoms with E-state index in [0.717, 1.165) is 0 Å². The molecular formula is C10H17N3O6S. The van der Waals surface area contributed by atoms with Crippen LogP contribution in [-0.2, 0) is 24.5 Å². The van der Waals surface area contributed by atoms with Crippen molar-refractivity contribution < 1.29 is 27.5 Å². The lowest BCUT2D eigenvalue weighted by Crippen LogP contribution is -2.67. The zero-order valence-electron chi connectivity index (χ0n) is 11.6. The van der Waals surface area contributed by atoms with Crippen molar-refractivity contribution in [3.05, 3.63) is 0 Å². The second-order valence-electron chi connectivity index (χ2n) is 5.00. The molecule has 1 rings (SSSR count). The summed E-state index contributed by atoms with van der Waals surface area (Å²) in [4.78, 5) is 34.3. The van der Waals surface area contributed by atoms with Crippen LogP contribution in [0.3, 0.4) is 0 Å². The van der Waals surface area contributed by atoms with E-state index in [4.69, 9.17) is 0 Å². The molecule has 114 valence electrons. The van der Waals surface area contributed by atoms with Gasteiger partial charge in [0, 0.05) is 0 Å². The van der Waals surface area contributed by atoms with Crippen LogP contribution in [-0.4, -0.2) is 48.8 Å². The summed E-state index contributed by atoms with van der Waals surface area (Å²) in [6.45, 7) is 5.18. The quantitative estimate of drug-likeness (QED) is 0.652. The van der Waals surface area contributed by atoms with Crippen LogP contribution < -0.4 is 10.0 Å². The van der Waals surface area contributed by atoms with Crippen LogP contribution in [0.1, 0.15) is 27.7 Å². The topological polar surface area (TPSA) is 122 Å². The van der Waals surface area contributed by atoms with Crippen molar-refractivity contribution in [3.63, 3.8) is 0 Å². The van der Waals surface area contributed by atoms with Crippen LogP contribution >= 0.6 is 0 Å². The number of nitrogens with zero attached hydrogens (tertiary/aromatic N) is 1. The minimum Gasteiger partial charge on any atom is -0.446 e. The van der Waals surface area contributed by atoms with Gasteiger partial charge < -0.3 is 4.74 Å². The van der Waals surface area contributed by atoms with Crippen LogP contribution in [0.15, 0.2) is 0 Å². The molecule has 0 aromatic heterocycles. The summed E-state index contributed by atoms with van der Waals surface area (Å²) < 4.78 is 31.1. The maximum atomic E-state index is 12.1. The number of carbonyl (C=O) groups is 3. The second kappa shape index (κ2) is 5.37. The normalized spacial score (nSPS) is 19.6. The first-order valence-corrected chi connectivity index (χ1v) is 7.26. The van der Waals surface area contributed by atoms with Gasteiger partial charge >= 0.3 is 16.3 Å². The molecule has 20 heavy (non-hydrogen) atoms. The molecule has 0 unspecified atom stereocenters. The van der Waals surface area contributed by atoms with E-state index in [9.17, 15) is 22.8 Å². The number of hydrogen-bond donors (Lipinski definition) is 2. The van der Waals surface area contributed by atoms with Crippen molar-refractivity contribution in [1.29, 1.82) is 0 Å². The number of ether oxygens (including phenoxy) is 1. The summed E-state index contributed by atoms with van der Waals surface area (Å²) in [5.41, 5.74) is -1.50. The molecule has 0 bridgehead atoms. The Morgan fingerprint density at radius 3 is 2.45 bits per heavy atom. The third-order valence-electron chi connectivity index (χ3n) is 2.56. The Hall–Kier alpha value is -1.68. The van der Waals surface area contributed by atoms with Crippen LogP contribution in [0.25, 0.3) is 0 Å². The molecule has 10 heteroatoms. The third kappa shape index (κ3) is 3.45. The van der Waals surface area contributed by atoms with Crippen molar-refractivity contribution in [3.8, 4) is 0 Å². The summed E-state index contributed by atoms with van der Waals surface area (Å²) in [5, 5.41) is 2.03. The Morgan fingerprint density at radius 2 is 1.95 bits per heavy atom. The summed E-state index contributed by atoms with van der Waals surface area (Å²) in [7, 11) is -4.37. The largest absolute Gasteiger partial charge is 0.446 e. The maximum Gasteiger partial charge on any atom is 0.422 e. The lowest BCUT2D eigenvalue weighted by Gasteiger charge is -2.38. The minimum absolute atomic E-state index is 0.510. The summed E-state index contributed by atoms with van der Waals surface area (Å²) in [6.07, 6.45) is -1.68. The molecule has 0 aromatic carbocycles. The van der Waals surface area contributed by atoms with E-state index in [1.165, 1.54) is 13.8 Å². The minimum atomic E-state index is -4.37. The van der Waals surface area contributed by atoms with Crippen molar-refractivity contribution in [2.45, 2.75) is 39.3 Å². The van der Waals surface area contributed by atoms with Gasteiger partial charge in [-0.2, -0.15) is 12.7 Å². The zero-order chi connectivity index (χ0) is 15.7. The van der Waals surface area contributed by atoms with Gasteiger partial charge in [0.25, 0.3) is 0 Å². The first-order valence-electron chi connectivity index (χ1n) is 5.82. The molecule has 1 saturated heterocycles. The van der Waals surface area contributed by atoms with Gasteiger partial charge in [0.15, 0.2) is 0 Å². The molecule has 3 amide bonds. The van der Waals surface area contributed by atoms with E-state index in [1.807, 2.05) is 5.32 Å². The first kappa shape index (κ1) is 16.4. The van der Waals surface area contributed by atoms with Crippen LogP contribution in [0.5, 0.6) is 0 Å². The smallest absolute Gasteiger partial charge is 0.422 e. The Balaban J connectivity index is 2.98. The molecule has 0 saturated carbocycles. The van der Waals surface area contributed by atoms with Crippen molar-refractivity contribution in [1.82, 2.24) is 14.3 Å². The monoisotopic (exact) mass is 307 g/mol. The Bertz CT molecular complexity index is 539. The van der Waals surface area contributed by atoms with Gasteiger partial charge in [0.1, 0.15) is 5.54 Å². The predicted octanol–water partition coefficient (Wildman–Crippen LogP) is -0.897. The van der Waals surface area contributed by atoms with E-state index in [0.29, 0.717) is 4.31 Å².